The van der Waals surface area contributed by atoms with Gasteiger partial charge >= 0.3 is 12.1 Å². The largest absolute Gasteiger partial charge is 0.456 e. The number of ether oxygens (including phenoxy) is 1. The molecule has 7 heteroatoms. The maximum absolute atomic E-state index is 15.1. The summed E-state index contributed by atoms with van der Waals surface area (Å²) < 4.78 is 50.9. The lowest BCUT2D eigenvalue weighted by molar-refractivity contribution is -0.233. The highest BCUT2D eigenvalue weighted by Gasteiger charge is 2.61. The van der Waals surface area contributed by atoms with E-state index in [0.717, 1.165) is 0 Å². The summed E-state index contributed by atoms with van der Waals surface area (Å²) in [5.74, 6) is -1.15. The molecule has 3 aromatic carbocycles. The van der Waals surface area contributed by atoms with Crippen molar-refractivity contribution in [1.82, 2.24) is 0 Å². The van der Waals surface area contributed by atoms with Gasteiger partial charge in [0.1, 0.15) is 5.60 Å². The molecule has 198 valence electrons. The summed E-state index contributed by atoms with van der Waals surface area (Å²) in [5.41, 5.74) is -4.50. The van der Waals surface area contributed by atoms with Gasteiger partial charge in [0.15, 0.2) is 5.60 Å². The van der Waals surface area contributed by atoms with Crippen molar-refractivity contribution >= 4 is 34.1 Å². The smallest absolute Gasteiger partial charge is 0.421 e. The van der Waals surface area contributed by atoms with Crippen LogP contribution < -0.4 is 15.9 Å². The van der Waals surface area contributed by atoms with Crippen LogP contribution in [0.1, 0.15) is 47.0 Å². The van der Waals surface area contributed by atoms with Crippen LogP contribution in [0.25, 0.3) is 0 Å². The maximum atomic E-state index is 15.1. The summed E-state index contributed by atoms with van der Waals surface area (Å²) in [6.07, 6.45) is -5.30. The molecule has 37 heavy (non-hydrogen) atoms. The molecule has 1 atom stereocenters. The quantitative estimate of drug-likeness (QED) is 0.288. The lowest BCUT2D eigenvalue weighted by Gasteiger charge is -2.40. The summed E-state index contributed by atoms with van der Waals surface area (Å²) in [7, 11) is 0. The Labute approximate surface area is 217 Å². The third-order valence-corrected chi connectivity index (χ3v) is 10.6. The molecule has 1 N–H and O–H groups in total. The van der Waals surface area contributed by atoms with E-state index in [1.165, 1.54) is 0 Å². The number of benzene rings is 3. The highest BCUT2D eigenvalue weighted by Crippen LogP contribution is 2.52. The predicted molar refractivity (Wildman–Crippen MR) is 147 cm³/mol. The van der Waals surface area contributed by atoms with E-state index in [0.29, 0.717) is 22.3 Å². The Morgan fingerprint density at radius 1 is 0.784 bits per heavy atom. The Bertz CT molecular complexity index is 1130. The van der Waals surface area contributed by atoms with E-state index in [-0.39, 0.29) is 6.42 Å². The summed E-state index contributed by atoms with van der Waals surface area (Å²) >= 11 is 0. The fraction of sp³-hybridized carbons (Fsp3) is 0.333. The van der Waals surface area contributed by atoms with Gasteiger partial charge in [-0.25, -0.2) is 4.79 Å². The van der Waals surface area contributed by atoms with Gasteiger partial charge in [0.2, 0.25) is 0 Å². The maximum Gasteiger partial charge on any atom is 0.421 e. The lowest BCUT2D eigenvalue weighted by Crippen LogP contribution is -2.58. The molecule has 0 aliphatic rings. The van der Waals surface area contributed by atoms with Gasteiger partial charge in [-0.15, -0.1) is 0 Å². The number of unbranched alkanes of at least 4 members (excludes halogenated alkanes) is 1. The molecule has 0 saturated carbocycles. The van der Waals surface area contributed by atoms with Gasteiger partial charge in [-0.3, -0.25) is 0 Å². The van der Waals surface area contributed by atoms with E-state index in [2.05, 4.69) is 0 Å². The minimum absolute atomic E-state index is 0.0701. The fourth-order valence-electron chi connectivity index (χ4n) is 4.53. The van der Waals surface area contributed by atoms with Crippen LogP contribution in [0.15, 0.2) is 91.0 Å². The van der Waals surface area contributed by atoms with Gasteiger partial charge in [-0.2, -0.15) is 13.2 Å². The molecular formula is C30H34F3O3P. The molecule has 0 aliphatic carbocycles. The van der Waals surface area contributed by atoms with Gasteiger partial charge in [0.25, 0.3) is 0 Å². The van der Waals surface area contributed by atoms with Crippen molar-refractivity contribution in [1.29, 1.82) is 0 Å². The lowest BCUT2D eigenvalue weighted by atomic mass is 9.92. The molecule has 0 spiro atoms. The van der Waals surface area contributed by atoms with Crippen LogP contribution in [0.3, 0.4) is 0 Å². The number of carbonyl (C=O) groups excluding carboxylic acids is 1. The number of hydrogen-bond donors (Lipinski definition) is 1. The minimum atomic E-state index is -5.13. The van der Waals surface area contributed by atoms with E-state index >= 15 is 13.2 Å². The SMILES string of the molecule is CCCCC(O)(C(C(=O)OC(C)(C)C)=P(c1ccccc1)(c1ccccc1)c1ccccc1)C(F)(F)F. The van der Waals surface area contributed by atoms with Crippen LogP contribution in [-0.2, 0) is 9.53 Å². The average Bonchev–Trinajstić information content (AvgIpc) is 2.85. The summed E-state index contributed by atoms with van der Waals surface area (Å²) in [6, 6.07) is 26.1. The Morgan fingerprint density at radius 2 is 1.16 bits per heavy atom. The fourth-order valence-corrected chi connectivity index (χ4v) is 9.17. The highest BCUT2D eigenvalue weighted by molar-refractivity contribution is 7.96. The molecule has 1 unspecified atom stereocenters. The van der Waals surface area contributed by atoms with Gasteiger partial charge in [0.05, 0.1) is 5.29 Å². The first-order valence-corrected chi connectivity index (χ1v) is 14.1. The van der Waals surface area contributed by atoms with Crippen LogP contribution >= 0.6 is 6.89 Å². The highest BCUT2D eigenvalue weighted by atomic mass is 31.2. The second-order valence-electron chi connectivity index (χ2n) is 9.99. The predicted octanol–water partition coefficient (Wildman–Crippen LogP) is 5.98. The van der Waals surface area contributed by atoms with E-state index in [1.54, 1.807) is 119 Å². The molecule has 3 rings (SSSR count). The summed E-state index contributed by atoms with van der Waals surface area (Å²) in [5, 5.41) is 12.7. The van der Waals surface area contributed by atoms with E-state index in [1.807, 2.05) is 0 Å². The molecule has 0 saturated heterocycles. The Hall–Kier alpha value is -2.82. The van der Waals surface area contributed by atoms with Crippen molar-refractivity contribution in [2.45, 2.75) is 64.3 Å². The molecule has 0 fully saturated rings. The minimum Gasteiger partial charge on any atom is -0.456 e. The van der Waals surface area contributed by atoms with Gasteiger partial charge < -0.3 is 9.84 Å². The molecule has 0 amide bonds. The topological polar surface area (TPSA) is 46.5 Å². The molecule has 0 radical (unpaired) electrons. The van der Waals surface area contributed by atoms with Crippen LogP contribution in [0.2, 0.25) is 0 Å². The van der Waals surface area contributed by atoms with Crippen LogP contribution in [0.4, 0.5) is 13.2 Å². The van der Waals surface area contributed by atoms with E-state index in [4.69, 9.17) is 4.74 Å². The number of hydrogen-bond acceptors (Lipinski definition) is 3. The number of carbonyl (C=O) groups is 1. The summed E-state index contributed by atoms with van der Waals surface area (Å²) in [4.78, 5) is 14.1. The number of esters is 1. The first-order valence-electron chi connectivity index (χ1n) is 12.3. The monoisotopic (exact) mass is 530 g/mol. The van der Waals surface area contributed by atoms with Crippen molar-refractivity contribution in [3.63, 3.8) is 0 Å². The van der Waals surface area contributed by atoms with Gasteiger partial charge in [0, 0.05) is 0 Å². The van der Waals surface area contributed by atoms with Crippen molar-refractivity contribution in [3.05, 3.63) is 91.0 Å². The van der Waals surface area contributed by atoms with Crippen molar-refractivity contribution in [2.24, 2.45) is 0 Å². The molecule has 3 nitrogen and oxygen atoms in total. The average molecular weight is 531 g/mol. The Balaban J connectivity index is 2.73. The van der Waals surface area contributed by atoms with Crippen molar-refractivity contribution < 1.29 is 27.8 Å². The first-order chi connectivity index (χ1) is 17.4. The van der Waals surface area contributed by atoms with Crippen LogP contribution in [-0.4, -0.2) is 33.7 Å². The molecule has 0 heterocycles. The summed E-state index contributed by atoms with van der Waals surface area (Å²) in [6.45, 7) is 2.97. The zero-order chi connectivity index (χ0) is 27.3. The second-order valence-corrected chi connectivity index (χ2v) is 13.3. The standard InChI is InChI=1S/C30H34F3O3P/c1-5-6-22-29(35,30(31,32)33)26(27(34)36-28(2,3)4)37(23-16-10-7-11-17-23,24-18-12-8-13-19-24)25-20-14-9-15-21-25/h7-21,35H,5-6,22H2,1-4H3. The molecule has 0 aliphatic heterocycles. The first kappa shape index (κ1) is 28.7. The normalized spacial score (nSPS) is 14.1. The zero-order valence-corrected chi connectivity index (χ0v) is 22.5. The van der Waals surface area contributed by atoms with Crippen LogP contribution in [0, 0.1) is 0 Å². The third kappa shape index (κ3) is 5.86. The van der Waals surface area contributed by atoms with Crippen molar-refractivity contribution in [2.75, 3.05) is 0 Å². The van der Waals surface area contributed by atoms with E-state index < -0.39 is 41.9 Å². The number of rotatable bonds is 8. The number of halogens is 3. The molecular weight excluding hydrogens is 496 g/mol. The van der Waals surface area contributed by atoms with E-state index in [9.17, 15) is 9.90 Å². The molecule has 0 aromatic heterocycles. The zero-order valence-electron chi connectivity index (χ0n) is 21.6. The number of aliphatic hydroxyl groups is 1. The van der Waals surface area contributed by atoms with Gasteiger partial charge in [-0.1, -0.05) is 111 Å². The van der Waals surface area contributed by atoms with Crippen LogP contribution in [0.5, 0.6) is 0 Å². The Kier molecular flexibility index (Phi) is 8.77. The number of alkyl halides is 3. The Morgan fingerprint density at radius 3 is 1.46 bits per heavy atom. The van der Waals surface area contributed by atoms with Gasteiger partial charge in [-0.05, 0) is 50.0 Å². The van der Waals surface area contributed by atoms with Crippen molar-refractivity contribution in [3.8, 4) is 0 Å². The third-order valence-electron chi connectivity index (χ3n) is 6.11. The molecule has 0 bridgehead atoms. The second kappa shape index (κ2) is 11.3. The molecule has 3 aromatic rings.